The maximum atomic E-state index is 12.4. The Bertz CT molecular complexity index is 1070. The summed E-state index contributed by atoms with van der Waals surface area (Å²) in [5.41, 5.74) is 10.9. The molecule has 0 saturated heterocycles. The fourth-order valence-electron chi connectivity index (χ4n) is 2.62. The fourth-order valence-corrected chi connectivity index (χ4v) is 3.84. The minimum Gasteiger partial charge on any atom is -0.493 e. The Balaban J connectivity index is 1.66. The van der Waals surface area contributed by atoms with Gasteiger partial charge in [0.25, 0.3) is 5.91 Å². The minimum absolute atomic E-state index is 0.315. The number of amides is 1. The van der Waals surface area contributed by atoms with E-state index in [1.165, 1.54) is 6.21 Å². The number of methoxy groups -OCH3 is 1. The van der Waals surface area contributed by atoms with Crippen molar-refractivity contribution in [1.29, 1.82) is 0 Å². The van der Waals surface area contributed by atoms with Crippen LogP contribution in [0.1, 0.15) is 21.5 Å². The zero-order valence-electron chi connectivity index (χ0n) is 16.1. The highest BCUT2D eigenvalue weighted by Crippen LogP contribution is 2.29. The first-order chi connectivity index (χ1) is 14.5. The van der Waals surface area contributed by atoms with Crippen molar-refractivity contribution in [2.45, 2.75) is 6.61 Å². The lowest BCUT2D eigenvalue weighted by atomic mass is 10.2. The first kappa shape index (κ1) is 21.9. The van der Waals surface area contributed by atoms with Gasteiger partial charge in [0.05, 0.1) is 24.6 Å². The lowest BCUT2D eigenvalue weighted by Crippen LogP contribution is -2.19. The zero-order valence-corrected chi connectivity index (χ0v) is 19.2. The van der Waals surface area contributed by atoms with E-state index < -0.39 is 5.91 Å². The van der Waals surface area contributed by atoms with Gasteiger partial charge in [0.2, 0.25) is 0 Å². The van der Waals surface area contributed by atoms with E-state index in [-0.39, 0.29) is 0 Å². The molecule has 0 bridgehead atoms. The van der Waals surface area contributed by atoms with Crippen molar-refractivity contribution in [2.24, 2.45) is 5.10 Å². The molecule has 0 saturated carbocycles. The van der Waals surface area contributed by atoms with Crippen LogP contribution in [0, 0.1) is 0 Å². The van der Waals surface area contributed by atoms with E-state index in [0.29, 0.717) is 33.8 Å². The lowest BCUT2D eigenvalue weighted by Gasteiger charge is -2.11. The Labute approximate surface area is 191 Å². The predicted molar refractivity (Wildman–Crippen MR) is 125 cm³/mol. The van der Waals surface area contributed by atoms with Crippen LogP contribution in [0.25, 0.3) is 0 Å². The molecule has 0 aliphatic rings. The number of hydrogen-bond acceptors (Lipinski definition) is 5. The average Bonchev–Trinajstić information content (AvgIpc) is 2.75. The Hall–Kier alpha value is -2.84. The van der Waals surface area contributed by atoms with Gasteiger partial charge in [0.15, 0.2) is 11.5 Å². The van der Waals surface area contributed by atoms with Gasteiger partial charge in [0, 0.05) is 8.95 Å². The molecule has 0 unspecified atom stereocenters. The van der Waals surface area contributed by atoms with Gasteiger partial charge in [-0.3, -0.25) is 4.79 Å². The molecular formula is C22H19Br2N3O3. The van der Waals surface area contributed by atoms with Crippen LogP contribution in [0.5, 0.6) is 11.5 Å². The maximum Gasteiger partial charge on any atom is 0.273 e. The summed E-state index contributed by atoms with van der Waals surface area (Å²) in [6, 6.07) is 18.7. The van der Waals surface area contributed by atoms with Gasteiger partial charge in [-0.2, -0.15) is 5.10 Å². The second-order valence-electron chi connectivity index (χ2n) is 6.23. The molecular weight excluding hydrogens is 514 g/mol. The van der Waals surface area contributed by atoms with Gasteiger partial charge >= 0.3 is 0 Å². The number of carbonyl (C=O) groups is 1. The number of carbonyl (C=O) groups excluding carboxylic acids is 1. The van der Waals surface area contributed by atoms with Crippen LogP contribution in [-0.2, 0) is 6.61 Å². The van der Waals surface area contributed by atoms with E-state index in [1.54, 1.807) is 31.4 Å². The van der Waals surface area contributed by atoms with Gasteiger partial charge in [0.1, 0.15) is 6.61 Å². The van der Waals surface area contributed by atoms with Gasteiger partial charge in [-0.1, -0.05) is 46.3 Å². The van der Waals surface area contributed by atoms with E-state index in [2.05, 4.69) is 42.4 Å². The molecule has 0 spiro atoms. The number of benzene rings is 3. The van der Waals surface area contributed by atoms with Gasteiger partial charge in [-0.15, -0.1) is 0 Å². The molecule has 3 N–H and O–H groups in total. The largest absolute Gasteiger partial charge is 0.493 e. The van der Waals surface area contributed by atoms with Crippen LogP contribution in [0.15, 0.2) is 74.7 Å². The van der Waals surface area contributed by atoms with E-state index in [4.69, 9.17) is 15.2 Å². The fraction of sp³-hybridized carbons (Fsp3) is 0.0909. The number of hydrazone groups is 1. The Kier molecular flexibility index (Phi) is 7.48. The molecule has 8 heteroatoms. The Morgan fingerprint density at radius 2 is 1.87 bits per heavy atom. The molecule has 30 heavy (non-hydrogen) atoms. The number of hydrogen-bond donors (Lipinski definition) is 2. The SMILES string of the molecule is COc1cc(/C=N/NC(=O)c2cc(Br)cc(Br)c2N)ccc1OCc1ccccc1. The molecule has 0 heterocycles. The molecule has 0 radical (unpaired) electrons. The predicted octanol–water partition coefficient (Wildman–Crippen LogP) is 5.15. The number of nitrogen functional groups attached to an aromatic ring is 1. The van der Waals surface area contributed by atoms with Crippen molar-refractivity contribution >= 4 is 49.7 Å². The van der Waals surface area contributed by atoms with Crippen LogP contribution in [0.4, 0.5) is 5.69 Å². The smallest absolute Gasteiger partial charge is 0.273 e. The monoisotopic (exact) mass is 531 g/mol. The molecule has 0 fully saturated rings. The lowest BCUT2D eigenvalue weighted by molar-refractivity contribution is 0.0956. The molecule has 1 amide bonds. The van der Waals surface area contributed by atoms with Crippen LogP contribution in [-0.4, -0.2) is 19.2 Å². The quantitative estimate of drug-likeness (QED) is 0.250. The van der Waals surface area contributed by atoms with Gasteiger partial charge in [-0.05, 0) is 57.4 Å². The number of anilines is 1. The van der Waals surface area contributed by atoms with Crippen LogP contribution in [0.2, 0.25) is 0 Å². The molecule has 3 aromatic carbocycles. The molecule has 0 aromatic heterocycles. The number of rotatable bonds is 7. The van der Waals surface area contributed by atoms with Crippen molar-refractivity contribution in [3.05, 3.63) is 86.3 Å². The summed E-state index contributed by atoms with van der Waals surface area (Å²) in [7, 11) is 1.57. The maximum absolute atomic E-state index is 12.4. The molecule has 6 nitrogen and oxygen atoms in total. The highest BCUT2D eigenvalue weighted by Gasteiger charge is 2.13. The standard InChI is InChI=1S/C22H19Br2N3O3/c1-29-20-9-15(7-8-19(20)30-13-14-5-3-2-4-6-14)12-26-27-22(28)17-10-16(23)11-18(24)21(17)25/h2-12H,13,25H2,1H3,(H,27,28)/b26-12+. The van der Waals surface area contributed by atoms with Crippen molar-refractivity contribution in [3.8, 4) is 11.5 Å². The van der Waals surface area contributed by atoms with Crippen LogP contribution < -0.4 is 20.6 Å². The molecule has 0 aliphatic carbocycles. The van der Waals surface area contributed by atoms with E-state index in [0.717, 1.165) is 15.6 Å². The van der Waals surface area contributed by atoms with E-state index in [1.807, 2.05) is 36.4 Å². The number of ether oxygens (including phenoxy) is 2. The third-order valence-electron chi connectivity index (χ3n) is 4.14. The summed E-state index contributed by atoms with van der Waals surface area (Å²) in [5.74, 6) is 0.774. The summed E-state index contributed by atoms with van der Waals surface area (Å²) >= 11 is 6.66. The number of halogens is 2. The summed E-state index contributed by atoms with van der Waals surface area (Å²) in [5, 5.41) is 4.01. The topological polar surface area (TPSA) is 85.9 Å². The first-order valence-corrected chi connectivity index (χ1v) is 10.5. The highest BCUT2D eigenvalue weighted by atomic mass is 79.9. The zero-order chi connectivity index (χ0) is 21.5. The number of nitrogens with zero attached hydrogens (tertiary/aromatic N) is 1. The van der Waals surface area contributed by atoms with E-state index >= 15 is 0 Å². The third-order valence-corrected chi connectivity index (χ3v) is 5.26. The molecule has 3 aromatic rings. The van der Waals surface area contributed by atoms with Gasteiger partial charge in [-0.25, -0.2) is 5.43 Å². The molecule has 3 rings (SSSR count). The summed E-state index contributed by atoms with van der Waals surface area (Å²) in [6.45, 7) is 0.435. The second kappa shape index (κ2) is 10.3. The second-order valence-corrected chi connectivity index (χ2v) is 8.00. The van der Waals surface area contributed by atoms with Crippen LogP contribution in [0.3, 0.4) is 0 Å². The van der Waals surface area contributed by atoms with Crippen molar-refractivity contribution in [1.82, 2.24) is 5.43 Å². The highest BCUT2D eigenvalue weighted by molar-refractivity contribution is 9.11. The summed E-state index contributed by atoms with van der Waals surface area (Å²) in [6.07, 6.45) is 1.52. The number of nitrogens with one attached hydrogen (secondary N) is 1. The van der Waals surface area contributed by atoms with Gasteiger partial charge < -0.3 is 15.2 Å². The van der Waals surface area contributed by atoms with Crippen LogP contribution >= 0.6 is 31.9 Å². The Morgan fingerprint density at radius 3 is 2.60 bits per heavy atom. The molecule has 154 valence electrons. The number of nitrogens with two attached hydrogens (primary N) is 1. The van der Waals surface area contributed by atoms with E-state index in [9.17, 15) is 4.79 Å². The minimum atomic E-state index is -0.416. The Morgan fingerprint density at radius 1 is 1.10 bits per heavy atom. The molecule has 0 aliphatic heterocycles. The third kappa shape index (κ3) is 5.61. The average molecular weight is 533 g/mol. The molecule has 0 atom stereocenters. The summed E-state index contributed by atoms with van der Waals surface area (Å²) < 4.78 is 12.6. The first-order valence-electron chi connectivity index (χ1n) is 8.90. The van der Waals surface area contributed by atoms with Crippen molar-refractivity contribution in [3.63, 3.8) is 0 Å². The van der Waals surface area contributed by atoms with Crippen molar-refractivity contribution < 1.29 is 14.3 Å². The summed E-state index contributed by atoms with van der Waals surface area (Å²) in [4.78, 5) is 12.4. The normalized spacial score (nSPS) is 10.8. The van der Waals surface area contributed by atoms with Crippen molar-refractivity contribution in [2.75, 3.05) is 12.8 Å².